The molecule has 6 nitrogen and oxygen atoms in total. The average molecular weight is 364 g/mol. The maximum Gasteiger partial charge on any atom is 0.261 e. The van der Waals surface area contributed by atoms with E-state index in [2.05, 4.69) is 27.8 Å². The Morgan fingerprint density at radius 3 is 2.11 bits per heavy atom. The monoisotopic (exact) mass is 364 g/mol. The number of amides is 2. The van der Waals surface area contributed by atoms with Crippen LogP contribution in [0.1, 0.15) is 32.7 Å². The number of hydrogen-bond donors (Lipinski definition) is 2. The van der Waals surface area contributed by atoms with Crippen molar-refractivity contribution in [1.82, 2.24) is 15.5 Å². The van der Waals surface area contributed by atoms with E-state index in [4.69, 9.17) is 0 Å². The van der Waals surface area contributed by atoms with Gasteiger partial charge in [-0.3, -0.25) is 19.5 Å². The highest BCUT2D eigenvalue weighted by Crippen LogP contribution is 2.21. The summed E-state index contributed by atoms with van der Waals surface area (Å²) in [6, 6.07) is 17.3. The second kappa shape index (κ2) is 8.98. The van der Waals surface area contributed by atoms with Gasteiger partial charge in [0.15, 0.2) is 5.96 Å². The first-order valence-electron chi connectivity index (χ1n) is 9.14. The Balaban J connectivity index is 1.40. The predicted octanol–water partition coefficient (Wildman–Crippen LogP) is 2.08. The molecule has 0 aliphatic carbocycles. The molecule has 0 unspecified atom stereocenters. The SMILES string of the molecule is CN=C(NCCCc1ccccc1)NCCN1C(=O)c2ccccc2C1=O. The van der Waals surface area contributed by atoms with Crippen LogP contribution in [0.2, 0.25) is 0 Å². The average Bonchev–Trinajstić information content (AvgIpc) is 2.95. The van der Waals surface area contributed by atoms with Crippen LogP contribution in [0, 0.1) is 0 Å². The van der Waals surface area contributed by atoms with Crippen molar-refractivity contribution in [3.63, 3.8) is 0 Å². The quantitative estimate of drug-likeness (QED) is 0.341. The number of benzene rings is 2. The fourth-order valence-corrected chi connectivity index (χ4v) is 3.09. The van der Waals surface area contributed by atoms with Gasteiger partial charge in [0.2, 0.25) is 0 Å². The molecule has 3 rings (SSSR count). The summed E-state index contributed by atoms with van der Waals surface area (Å²) < 4.78 is 0. The Bertz CT molecular complexity index is 798. The molecule has 0 saturated carbocycles. The molecule has 1 aliphatic rings. The number of nitrogens with zero attached hydrogens (tertiary/aromatic N) is 2. The number of fused-ring (bicyclic) bond motifs is 1. The molecular weight excluding hydrogens is 340 g/mol. The van der Waals surface area contributed by atoms with Crippen LogP contribution in [-0.2, 0) is 6.42 Å². The lowest BCUT2D eigenvalue weighted by atomic mass is 10.1. The van der Waals surface area contributed by atoms with Gasteiger partial charge in [-0.2, -0.15) is 0 Å². The van der Waals surface area contributed by atoms with Crippen molar-refractivity contribution in [3.05, 3.63) is 71.3 Å². The molecular formula is C21H24N4O2. The van der Waals surface area contributed by atoms with E-state index < -0.39 is 0 Å². The number of carbonyl (C=O) groups excluding carboxylic acids is 2. The molecule has 2 N–H and O–H groups in total. The summed E-state index contributed by atoms with van der Waals surface area (Å²) in [5.74, 6) is 0.200. The lowest BCUT2D eigenvalue weighted by Crippen LogP contribution is -2.43. The Labute approximate surface area is 159 Å². The fourth-order valence-electron chi connectivity index (χ4n) is 3.09. The number of aryl methyl sites for hydroxylation is 1. The largest absolute Gasteiger partial charge is 0.356 e. The first-order valence-corrected chi connectivity index (χ1v) is 9.14. The van der Waals surface area contributed by atoms with Crippen LogP contribution in [0.3, 0.4) is 0 Å². The molecule has 0 radical (unpaired) electrons. The number of hydrogen-bond acceptors (Lipinski definition) is 3. The smallest absolute Gasteiger partial charge is 0.261 e. The van der Waals surface area contributed by atoms with Crippen LogP contribution in [0.4, 0.5) is 0 Å². The number of carbonyl (C=O) groups is 2. The number of guanidine groups is 1. The zero-order valence-electron chi connectivity index (χ0n) is 15.4. The first kappa shape index (κ1) is 18.6. The maximum atomic E-state index is 12.3. The van der Waals surface area contributed by atoms with Gasteiger partial charge < -0.3 is 10.6 Å². The van der Waals surface area contributed by atoms with Crippen molar-refractivity contribution in [3.8, 4) is 0 Å². The van der Waals surface area contributed by atoms with E-state index in [-0.39, 0.29) is 11.8 Å². The number of imide groups is 1. The van der Waals surface area contributed by atoms with E-state index in [1.54, 1.807) is 31.3 Å². The van der Waals surface area contributed by atoms with Crippen LogP contribution in [-0.4, -0.2) is 49.4 Å². The Hall–Kier alpha value is -3.15. The van der Waals surface area contributed by atoms with E-state index in [0.717, 1.165) is 19.4 Å². The zero-order valence-corrected chi connectivity index (χ0v) is 15.4. The third kappa shape index (κ3) is 4.53. The lowest BCUT2D eigenvalue weighted by Gasteiger charge is -2.16. The van der Waals surface area contributed by atoms with Crippen molar-refractivity contribution >= 4 is 17.8 Å². The topological polar surface area (TPSA) is 73.8 Å². The third-order valence-electron chi connectivity index (χ3n) is 4.51. The van der Waals surface area contributed by atoms with Crippen molar-refractivity contribution in [2.75, 3.05) is 26.7 Å². The predicted molar refractivity (Wildman–Crippen MR) is 106 cm³/mol. The molecule has 1 aliphatic heterocycles. The zero-order chi connectivity index (χ0) is 19.1. The summed E-state index contributed by atoms with van der Waals surface area (Å²) in [5.41, 5.74) is 2.27. The fraction of sp³-hybridized carbons (Fsp3) is 0.286. The molecule has 0 saturated heterocycles. The van der Waals surface area contributed by atoms with Crippen LogP contribution >= 0.6 is 0 Å². The molecule has 0 spiro atoms. The van der Waals surface area contributed by atoms with Gasteiger partial charge in [0, 0.05) is 26.7 Å². The molecule has 27 heavy (non-hydrogen) atoms. The van der Waals surface area contributed by atoms with Gasteiger partial charge in [-0.05, 0) is 30.5 Å². The lowest BCUT2D eigenvalue weighted by molar-refractivity contribution is 0.0657. The molecule has 0 atom stereocenters. The minimum absolute atomic E-state index is 0.233. The van der Waals surface area contributed by atoms with Gasteiger partial charge in [0.05, 0.1) is 11.1 Å². The third-order valence-corrected chi connectivity index (χ3v) is 4.51. The molecule has 140 valence electrons. The highest BCUT2D eigenvalue weighted by Gasteiger charge is 2.34. The molecule has 0 bridgehead atoms. The van der Waals surface area contributed by atoms with Gasteiger partial charge >= 0.3 is 0 Å². The van der Waals surface area contributed by atoms with Gasteiger partial charge in [-0.15, -0.1) is 0 Å². The summed E-state index contributed by atoms with van der Waals surface area (Å²) in [7, 11) is 1.70. The molecule has 0 fully saturated rings. The highest BCUT2D eigenvalue weighted by atomic mass is 16.2. The van der Waals surface area contributed by atoms with Crippen molar-refractivity contribution in [2.45, 2.75) is 12.8 Å². The summed E-state index contributed by atoms with van der Waals surface area (Å²) in [4.78, 5) is 30.1. The van der Waals surface area contributed by atoms with Gasteiger partial charge in [0.1, 0.15) is 0 Å². The molecule has 1 heterocycles. The van der Waals surface area contributed by atoms with E-state index in [1.165, 1.54) is 10.5 Å². The Morgan fingerprint density at radius 2 is 1.48 bits per heavy atom. The van der Waals surface area contributed by atoms with Crippen LogP contribution in [0.25, 0.3) is 0 Å². The Kier molecular flexibility index (Phi) is 6.20. The highest BCUT2D eigenvalue weighted by molar-refractivity contribution is 6.21. The van der Waals surface area contributed by atoms with Crippen molar-refractivity contribution in [2.24, 2.45) is 4.99 Å². The van der Waals surface area contributed by atoms with Crippen molar-refractivity contribution < 1.29 is 9.59 Å². The summed E-state index contributed by atoms with van der Waals surface area (Å²) >= 11 is 0. The standard InChI is InChI=1S/C21H24N4O2/c1-22-21(23-13-7-10-16-8-3-2-4-9-16)24-14-15-25-19(26)17-11-5-6-12-18(17)20(25)27/h2-6,8-9,11-12H,7,10,13-15H2,1H3,(H2,22,23,24). The molecule has 6 heteroatoms. The molecule has 2 aromatic carbocycles. The van der Waals surface area contributed by atoms with E-state index in [1.807, 2.05) is 18.2 Å². The van der Waals surface area contributed by atoms with E-state index >= 15 is 0 Å². The first-order chi connectivity index (χ1) is 13.2. The minimum Gasteiger partial charge on any atom is -0.356 e. The normalized spacial score (nSPS) is 13.7. The molecule has 2 aromatic rings. The van der Waals surface area contributed by atoms with Crippen LogP contribution < -0.4 is 10.6 Å². The van der Waals surface area contributed by atoms with E-state index in [0.29, 0.717) is 30.2 Å². The summed E-state index contributed by atoms with van der Waals surface area (Å²) in [6.07, 6.45) is 1.99. The maximum absolute atomic E-state index is 12.3. The molecule has 2 amide bonds. The van der Waals surface area contributed by atoms with Gasteiger partial charge in [-0.25, -0.2) is 0 Å². The van der Waals surface area contributed by atoms with Crippen LogP contribution in [0.5, 0.6) is 0 Å². The van der Waals surface area contributed by atoms with Crippen molar-refractivity contribution in [1.29, 1.82) is 0 Å². The van der Waals surface area contributed by atoms with Gasteiger partial charge in [0.25, 0.3) is 11.8 Å². The summed E-state index contributed by atoms with van der Waals surface area (Å²) in [6.45, 7) is 1.54. The van der Waals surface area contributed by atoms with Crippen LogP contribution in [0.15, 0.2) is 59.6 Å². The number of nitrogens with one attached hydrogen (secondary N) is 2. The van der Waals surface area contributed by atoms with Gasteiger partial charge in [-0.1, -0.05) is 42.5 Å². The van der Waals surface area contributed by atoms with E-state index in [9.17, 15) is 9.59 Å². The number of aliphatic imine (C=N–C) groups is 1. The summed E-state index contributed by atoms with van der Waals surface area (Å²) in [5, 5.41) is 6.41. The second-order valence-corrected chi connectivity index (χ2v) is 6.32. The molecule has 0 aromatic heterocycles. The minimum atomic E-state index is -0.233. The Morgan fingerprint density at radius 1 is 0.889 bits per heavy atom. The second-order valence-electron chi connectivity index (χ2n) is 6.32. The number of rotatable bonds is 7.